The number of rotatable bonds is 7. The zero-order valence-corrected chi connectivity index (χ0v) is 16.9. The highest BCUT2D eigenvalue weighted by atomic mass is 35.5. The number of carboxylic acids is 1. The summed E-state index contributed by atoms with van der Waals surface area (Å²) in [6, 6.07) is 9.02. The Labute approximate surface area is 172 Å². The van der Waals surface area contributed by atoms with Crippen molar-refractivity contribution in [2.24, 2.45) is 0 Å². The number of benzene rings is 1. The Morgan fingerprint density at radius 1 is 1.26 bits per heavy atom. The van der Waals surface area contributed by atoms with Gasteiger partial charge in [0, 0.05) is 33.9 Å². The van der Waals surface area contributed by atoms with Crippen molar-refractivity contribution in [1.29, 1.82) is 0 Å². The minimum Gasteiger partial charge on any atom is -0.477 e. The highest BCUT2D eigenvalue weighted by Gasteiger charge is 2.29. The second kappa shape index (κ2) is 8.91. The summed E-state index contributed by atoms with van der Waals surface area (Å²) < 4.78 is 0. The van der Waals surface area contributed by atoms with Crippen LogP contribution in [-0.4, -0.2) is 34.5 Å². The highest BCUT2D eigenvalue weighted by Crippen LogP contribution is 2.25. The molecule has 4 nitrogen and oxygen atoms in total. The Bertz CT molecular complexity index is 858. The molecule has 2 aromatic rings. The lowest BCUT2D eigenvalue weighted by molar-refractivity contribution is -0.128. The third-order valence-electron chi connectivity index (χ3n) is 4.54. The molecule has 0 radical (unpaired) electrons. The van der Waals surface area contributed by atoms with Crippen molar-refractivity contribution in [3.8, 4) is 0 Å². The van der Waals surface area contributed by atoms with Crippen LogP contribution in [-0.2, 0) is 11.2 Å². The number of carbonyl (C=O) groups is 2. The van der Waals surface area contributed by atoms with Gasteiger partial charge in [0.2, 0.25) is 5.91 Å². The average molecular weight is 424 g/mol. The molecule has 1 aromatic heterocycles. The van der Waals surface area contributed by atoms with Crippen LogP contribution >= 0.6 is 34.5 Å². The van der Waals surface area contributed by atoms with Gasteiger partial charge in [-0.05, 0) is 61.2 Å². The predicted molar refractivity (Wildman–Crippen MR) is 110 cm³/mol. The van der Waals surface area contributed by atoms with Gasteiger partial charge in [-0.15, -0.1) is 11.3 Å². The zero-order valence-electron chi connectivity index (χ0n) is 14.5. The predicted octanol–water partition coefficient (Wildman–Crippen LogP) is 5.39. The standard InChI is InChI=1S/C20H19Cl2NO3S/c21-14-10-13(11-15(22)12-14)8-9-23-16(4-7-19(23)24)2-1-3-17-5-6-18(27-17)20(25)26/h1,3,5-6,10-12,16H,2,4,7-9H2,(H,25,26)/b3-1+. The maximum absolute atomic E-state index is 12.2. The molecule has 7 heteroatoms. The van der Waals surface area contributed by atoms with Crippen molar-refractivity contribution in [3.05, 3.63) is 61.8 Å². The van der Waals surface area contributed by atoms with Crippen molar-refractivity contribution in [2.75, 3.05) is 6.54 Å². The van der Waals surface area contributed by atoms with Gasteiger partial charge in [-0.3, -0.25) is 4.79 Å². The number of hydrogen-bond acceptors (Lipinski definition) is 3. The quantitative estimate of drug-likeness (QED) is 0.649. The van der Waals surface area contributed by atoms with Gasteiger partial charge < -0.3 is 10.0 Å². The number of amides is 1. The summed E-state index contributed by atoms with van der Waals surface area (Å²) >= 11 is 13.3. The monoisotopic (exact) mass is 423 g/mol. The Balaban J connectivity index is 1.58. The topological polar surface area (TPSA) is 57.6 Å². The smallest absolute Gasteiger partial charge is 0.345 e. The molecule has 0 spiro atoms. The van der Waals surface area contributed by atoms with E-state index in [1.165, 1.54) is 11.3 Å². The lowest BCUT2D eigenvalue weighted by atomic mass is 10.1. The van der Waals surface area contributed by atoms with Gasteiger partial charge >= 0.3 is 5.97 Å². The fourth-order valence-corrected chi connectivity index (χ4v) is 4.60. The summed E-state index contributed by atoms with van der Waals surface area (Å²) in [6.45, 7) is 0.635. The number of carbonyl (C=O) groups excluding carboxylic acids is 1. The Kier molecular flexibility index (Phi) is 6.58. The van der Waals surface area contributed by atoms with Crippen molar-refractivity contribution in [2.45, 2.75) is 31.7 Å². The maximum Gasteiger partial charge on any atom is 0.345 e. The van der Waals surface area contributed by atoms with E-state index in [0.29, 0.717) is 34.3 Å². The molecule has 1 aliphatic heterocycles. The van der Waals surface area contributed by atoms with Gasteiger partial charge in [0.15, 0.2) is 0 Å². The van der Waals surface area contributed by atoms with Gasteiger partial charge in [0.05, 0.1) is 0 Å². The van der Waals surface area contributed by atoms with Gasteiger partial charge in [-0.1, -0.05) is 29.3 Å². The first-order chi connectivity index (χ1) is 12.9. The summed E-state index contributed by atoms with van der Waals surface area (Å²) in [5.41, 5.74) is 1.02. The van der Waals surface area contributed by atoms with Crippen LogP contribution in [0.15, 0.2) is 36.4 Å². The van der Waals surface area contributed by atoms with E-state index in [1.54, 1.807) is 18.2 Å². The van der Waals surface area contributed by atoms with Crippen molar-refractivity contribution in [3.63, 3.8) is 0 Å². The van der Waals surface area contributed by atoms with Crippen LogP contribution in [0.3, 0.4) is 0 Å². The summed E-state index contributed by atoms with van der Waals surface area (Å²) in [5.74, 6) is -0.737. The number of hydrogen-bond donors (Lipinski definition) is 1. The summed E-state index contributed by atoms with van der Waals surface area (Å²) in [6.07, 6.45) is 6.81. The third kappa shape index (κ3) is 5.34. The first-order valence-corrected chi connectivity index (χ1v) is 10.2. The lowest BCUT2D eigenvalue weighted by Gasteiger charge is -2.24. The molecule has 1 aliphatic rings. The normalized spacial score (nSPS) is 17.2. The number of carboxylic acid groups (broad SMARTS) is 1. The average Bonchev–Trinajstić information content (AvgIpc) is 3.20. The number of nitrogens with zero attached hydrogens (tertiary/aromatic N) is 1. The van der Waals surface area contributed by atoms with Gasteiger partial charge in [0.25, 0.3) is 0 Å². The molecule has 142 valence electrons. The molecule has 0 saturated carbocycles. The van der Waals surface area contributed by atoms with E-state index in [0.717, 1.165) is 23.3 Å². The Hall–Kier alpha value is -1.82. The molecule has 0 aliphatic carbocycles. The molecule has 3 rings (SSSR count). The molecule has 1 atom stereocenters. The summed E-state index contributed by atoms with van der Waals surface area (Å²) in [4.78, 5) is 26.3. The summed E-state index contributed by atoms with van der Waals surface area (Å²) in [7, 11) is 0. The molecule has 2 heterocycles. The van der Waals surface area contributed by atoms with Crippen LogP contribution in [0.25, 0.3) is 6.08 Å². The first kappa shape index (κ1) is 19.9. The van der Waals surface area contributed by atoms with Crippen molar-refractivity contribution < 1.29 is 14.7 Å². The molecular formula is C20H19Cl2NO3S. The molecular weight excluding hydrogens is 405 g/mol. The van der Waals surface area contributed by atoms with E-state index in [9.17, 15) is 9.59 Å². The fraction of sp³-hybridized carbons (Fsp3) is 0.300. The van der Waals surface area contributed by atoms with Crippen LogP contribution in [0.4, 0.5) is 0 Å². The molecule has 1 amide bonds. The molecule has 27 heavy (non-hydrogen) atoms. The lowest BCUT2D eigenvalue weighted by Crippen LogP contribution is -2.34. The van der Waals surface area contributed by atoms with Gasteiger partial charge in [-0.2, -0.15) is 0 Å². The number of thiophene rings is 1. The fourth-order valence-electron chi connectivity index (χ4n) is 3.25. The molecule has 1 aromatic carbocycles. The molecule has 0 bridgehead atoms. The molecule has 1 fully saturated rings. The first-order valence-electron chi connectivity index (χ1n) is 8.66. The van der Waals surface area contributed by atoms with Gasteiger partial charge in [0.1, 0.15) is 4.88 Å². The second-order valence-corrected chi connectivity index (χ2v) is 8.44. The molecule has 1 unspecified atom stereocenters. The summed E-state index contributed by atoms with van der Waals surface area (Å²) in [5, 5.41) is 10.2. The van der Waals surface area contributed by atoms with Crippen LogP contribution in [0.5, 0.6) is 0 Å². The largest absolute Gasteiger partial charge is 0.477 e. The van der Waals surface area contributed by atoms with Crippen LogP contribution in [0.2, 0.25) is 10.0 Å². The Morgan fingerprint density at radius 3 is 2.67 bits per heavy atom. The SMILES string of the molecule is O=C(O)c1ccc(/C=C/CC2CCC(=O)N2CCc2cc(Cl)cc(Cl)c2)s1. The van der Waals surface area contributed by atoms with E-state index >= 15 is 0 Å². The van der Waals surface area contributed by atoms with E-state index in [-0.39, 0.29) is 11.9 Å². The van der Waals surface area contributed by atoms with Crippen LogP contribution < -0.4 is 0 Å². The molecule has 1 saturated heterocycles. The van der Waals surface area contributed by atoms with Crippen LogP contribution in [0.1, 0.15) is 39.4 Å². The van der Waals surface area contributed by atoms with E-state index in [1.807, 2.05) is 29.2 Å². The van der Waals surface area contributed by atoms with Gasteiger partial charge in [-0.25, -0.2) is 4.79 Å². The highest BCUT2D eigenvalue weighted by molar-refractivity contribution is 7.14. The van der Waals surface area contributed by atoms with Crippen molar-refractivity contribution in [1.82, 2.24) is 4.90 Å². The number of halogens is 2. The Morgan fingerprint density at radius 2 is 2.00 bits per heavy atom. The maximum atomic E-state index is 12.2. The zero-order chi connectivity index (χ0) is 19.4. The van der Waals surface area contributed by atoms with Crippen molar-refractivity contribution >= 4 is 52.5 Å². The molecule has 1 N–H and O–H groups in total. The van der Waals surface area contributed by atoms with E-state index < -0.39 is 5.97 Å². The third-order valence-corrected chi connectivity index (χ3v) is 6.02. The van der Waals surface area contributed by atoms with E-state index in [2.05, 4.69) is 0 Å². The van der Waals surface area contributed by atoms with E-state index in [4.69, 9.17) is 28.3 Å². The minimum atomic E-state index is -0.909. The minimum absolute atomic E-state index is 0.169. The number of aromatic carboxylic acids is 1. The van der Waals surface area contributed by atoms with Crippen LogP contribution in [0, 0.1) is 0 Å². The second-order valence-electron chi connectivity index (χ2n) is 6.45. The number of likely N-dealkylation sites (tertiary alicyclic amines) is 1.